The maximum Gasteiger partial charge on any atom is 0.144 e. The maximum absolute atomic E-state index is 5.99. The summed E-state index contributed by atoms with van der Waals surface area (Å²) in [4.78, 5) is 0. The van der Waals surface area contributed by atoms with Crippen molar-refractivity contribution in [1.29, 1.82) is 0 Å². The molecule has 1 aromatic carbocycles. The van der Waals surface area contributed by atoms with Gasteiger partial charge in [-0.2, -0.15) is 0 Å². The van der Waals surface area contributed by atoms with E-state index < -0.39 is 0 Å². The van der Waals surface area contributed by atoms with Gasteiger partial charge in [0.25, 0.3) is 0 Å². The second-order valence-corrected chi connectivity index (χ2v) is 4.74. The Balaban J connectivity index is 2.12. The van der Waals surface area contributed by atoms with Crippen molar-refractivity contribution in [3.05, 3.63) is 23.8 Å². The fraction of sp³-hybridized carbons (Fsp3) is 0.571. The van der Waals surface area contributed by atoms with Gasteiger partial charge >= 0.3 is 0 Å². The van der Waals surface area contributed by atoms with Gasteiger partial charge in [0, 0.05) is 0 Å². The number of hydrogen-bond acceptors (Lipinski definition) is 3. The van der Waals surface area contributed by atoms with E-state index >= 15 is 0 Å². The minimum atomic E-state index is 0.147. The predicted octanol–water partition coefficient (Wildman–Crippen LogP) is 1.21. The highest BCUT2D eigenvalue weighted by atomic mass is 16.6. The van der Waals surface area contributed by atoms with E-state index in [2.05, 4.69) is 20.8 Å². The van der Waals surface area contributed by atoms with E-state index in [4.69, 9.17) is 14.2 Å². The molecule has 2 atom stereocenters. The molecule has 1 heterocycles. The lowest BCUT2D eigenvalue weighted by Crippen LogP contribution is -2.20. The zero-order chi connectivity index (χ0) is 13.0. The lowest BCUT2D eigenvalue weighted by Gasteiger charge is -2.20. The molecule has 4 heteroatoms. The first-order valence-electron chi connectivity index (χ1n) is 6.63. The molecule has 1 fully saturated rings. The van der Waals surface area contributed by atoms with E-state index in [0.29, 0.717) is 12.7 Å². The highest BCUT2D eigenvalue weighted by Crippen LogP contribution is 2.25. The summed E-state index contributed by atoms with van der Waals surface area (Å²) in [5, 5.41) is 0. The van der Waals surface area contributed by atoms with Crippen LogP contribution in [0.5, 0.6) is 5.75 Å². The summed E-state index contributed by atoms with van der Waals surface area (Å²) in [5.41, 5.74) is 2.41. The number of benzene rings is 1. The lowest BCUT2D eigenvalue weighted by molar-refractivity contribution is 0.0364. The highest BCUT2D eigenvalue weighted by molar-refractivity contribution is 6.35. The average Bonchev–Trinajstić information content (AvgIpc) is 3.19. The molecule has 18 heavy (non-hydrogen) atoms. The van der Waals surface area contributed by atoms with Crippen LogP contribution < -0.4 is 10.2 Å². The van der Waals surface area contributed by atoms with E-state index in [-0.39, 0.29) is 6.10 Å². The Kier molecular flexibility index (Phi) is 4.67. The molecule has 2 rings (SSSR count). The van der Waals surface area contributed by atoms with Crippen molar-refractivity contribution in [2.75, 3.05) is 20.3 Å². The highest BCUT2D eigenvalue weighted by Gasteiger charge is 2.25. The van der Waals surface area contributed by atoms with Crippen LogP contribution >= 0.6 is 0 Å². The van der Waals surface area contributed by atoms with Crippen LogP contribution in [0.25, 0.3) is 0 Å². The van der Waals surface area contributed by atoms with Crippen LogP contribution in [0.4, 0.5) is 0 Å². The number of epoxide rings is 1. The summed E-state index contributed by atoms with van der Waals surface area (Å²) in [6.07, 6.45) is 2.60. The van der Waals surface area contributed by atoms with Gasteiger partial charge in [-0.25, -0.2) is 0 Å². The molecule has 0 amide bonds. The van der Waals surface area contributed by atoms with E-state index in [0.717, 1.165) is 25.2 Å². The Morgan fingerprint density at radius 2 is 2.28 bits per heavy atom. The van der Waals surface area contributed by atoms with Crippen molar-refractivity contribution < 1.29 is 14.2 Å². The van der Waals surface area contributed by atoms with Crippen LogP contribution in [0.1, 0.15) is 31.4 Å². The molecule has 0 aliphatic carbocycles. The van der Waals surface area contributed by atoms with Crippen LogP contribution in [0.2, 0.25) is 0 Å². The monoisotopic (exact) mass is 248 g/mol. The van der Waals surface area contributed by atoms with Gasteiger partial charge < -0.3 is 14.2 Å². The van der Waals surface area contributed by atoms with E-state index in [1.54, 1.807) is 7.11 Å². The van der Waals surface area contributed by atoms with Gasteiger partial charge in [-0.3, -0.25) is 0 Å². The topological polar surface area (TPSA) is 31.0 Å². The van der Waals surface area contributed by atoms with Gasteiger partial charge in [0.15, 0.2) is 0 Å². The van der Waals surface area contributed by atoms with Crippen LogP contribution in [0.3, 0.4) is 0 Å². The summed E-state index contributed by atoms with van der Waals surface area (Å²) < 4.78 is 16.6. The predicted molar refractivity (Wildman–Crippen MR) is 74.5 cm³/mol. The second kappa shape index (κ2) is 6.25. The first-order chi connectivity index (χ1) is 8.76. The van der Waals surface area contributed by atoms with Crippen molar-refractivity contribution in [1.82, 2.24) is 0 Å². The summed E-state index contributed by atoms with van der Waals surface area (Å²) in [6, 6.07) is 6.15. The largest absolute Gasteiger partial charge is 0.497 e. The molecule has 1 aliphatic rings. The number of ether oxygens (including phenoxy) is 3. The molecule has 0 aromatic heterocycles. The van der Waals surface area contributed by atoms with Gasteiger partial charge in [0.1, 0.15) is 19.7 Å². The molecule has 0 bridgehead atoms. The standard InChI is InChI=1S/C14H21BO3/c1-3-5-12(18-9-10-8-17-10)11-6-4-7-13(16-2)14(11)15/h4,6-7,10,12H,3,5,8-9,15H2,1-2H3/t10?,12-/m1/s1. The first-order valence-corrected chi connectivity index (χ1v) is 6.63. The fourth-order valence-corrected chi connectivity index (χ4v) is 2.18. The third-order valence-electron chi connectivity index (χ3n) is 3.33. The van der Waals surface area contributed by atoms with E-state index in [9.17, 15) is 0 Å². The minimum absolute atomic E-state index is 0.147. The molecule has 1 aromatic rings. The first kappa shape index (κ1) is 13.4. The molecule has 0 saturated carbocycles. The average molecular weight is 248 g/mol. The third kappa shape index (κ3) is 3.27. The summed E-state index contributed by atoms with van der Waals surface area (Å²) >= 11 is 0. The SMILES string of the molecule is Bc1c(OC)cccc1[C@@H](CCC)OCC1CO1. The van der Waals surface area contributed by atoms with Gasteiger partial charge in [0.05, 0.1) is 26.4 Å². The van der Waals surface area contributed by atoms with Crippen molar-refractivity contribution in [3.8, 4) is 5.75 Å². The molecule has 98 valence electrons. The molecule has 3 nitrogen and oxygen atoms in total. The summed E-state index contributed by atoms with van der Waals surface area (Å²) in [5.74, 6) is 0.930. The Bertz CT molecular complexity index is 391. The fourth-order valence-electron chi connectivity index (χ4n) is 2.18. The van der Waals surface area contributed by atoms with Gasteiger partial charge in [-0.1, -0.05) is 25.5 Å². The number of methoxy groups -OCH3 is 1. The second-order valence-electron chi connectivity index (χ2n) is 4.74. The smallest absolute Gasteiger partial charge is 0.144 e. The van der Waals surface area contributed by atoms with Crippen molar-refractivity contribution in [2.45, 2.75) is 32.0 Å². The molecular formula is C14H21BO3. The van der Waals surface area contributed by atoms with Gasteiger partial charge in [-0.05, 0) is 23.5 Å². The van der Waals surface area contributed by atoms with Crippen LogP contribution in [-0.2, 0) is 9.47 Å². The Hall–Kier alpha value is -0.995. The molecule has 0 spiro atoms. The van der Waals surface area contributed by atoms with Crippen molar-refractivity contribution >= 4 is 13.3 Å². The normalized spacial score (nSPS) is 19.6. The summed E-state index contributed by atoms with van der Waals surface area (Å²) in [7, 11) is 3.80. The molecule has 0 radical (unpaired) electrons. The molecule has 1 unspecified atom stereocenters. The Morgan fingerprint density at radius 3 is 2.89 bits per heavy atom. The lowest BCUT2D eigenvalue weighted by atomic mass is 9.86. The molecule has 1 saturated heterocycles. The van der Waals surface area contributed by atoms with Crippen LogP contribution in [0, 0.1) is 0 Å². The van der Waals surface area contributed by atoms with Crippen molar-refractivity contribution in [2.24, 2.45) is 0 Å². The van der Waals surface area contributed by atoms with Crippen molar-refractivity contribution in [3.63, 3.8) is 0 Å². The van der Waals surface area contributed by atoms with E-state index in [1.165, 1.54) is 11.0 Å². The quantitative estimate of drug-likeness (QED) is 0.537. The molecule has 0 N–H and O–H groups in total. The minimum Gasteiger partial charge on any atom is -0.497 e. The number of rotatable bonds is 7. The summed E-state index contributed by atoms with van der Waals surface area (Å²) in [6.45, 7) is 3.72. The Labute approximate surface area is 110 Å². The van der Waals surface area contributed by atoms with Gasteiger partial charge in [-0.15, -0.1) is 0 Å². The van der Waals surface area contributed by atoms with Crippen LogP contribution in [0.15, 0.2) is 18.2 Å². The van der Waals surface area contributed by atoms with E-state index in [1.807, 2.05) is 12.1 Å². The third-order valence-corrected chi connectivity index (χ3v) is 3.33. The zero-order valence-electron chi connectivity index (χ0n) is 11.4. The molecular weight excluding hydrogens is 227 g/mol. The van der Waals surface area contributed by atoms with Gasteiger partial charge in [0.2, 0.25) is 0 Å². The zero-order valence-corrected chi connectivity index (χ0v) is 11.4. The maximum atomic E-state index is 5.99. The Morgan fingerprint density at radius 1 is 1.50 bits per heavy atom. The number of hydrogen-bond donors (Lipinski definition) is 0. The van der Waals surface area contributed by atoms with Crippen LogP contribution in [-0.4, -0.2) is 34.3 Å². The molecule has 1 aliphatic heterocycles.